The van der Waals surface area contributed by atoms with Gasteiger partial charge in [-0.3, -0.25) is 4.40 Å². The summed E-state index contributed by atoms with van der Waals surface area (Å²) < 4.78 is 2.91. The van der Waals surface area contributed by atoms with Crippen molar-refractivity contribution in [1.29, 1.82) is 0 Å². The average Bonchev–Trinajstić information content (AvgIpc) is 2.48. The van der Waals surface area contributed by atoms with Crippen molar-refractivity contribution in [1.82, 2.24) is 14.4 Å². The molecule has 3 nitrogen and oxygen atoms in total. The Hall–Kier alpha value is -0.550. The Balaban J connectivity index is 2.81. The predicted octanol–water partition coefficient (Wildman–Crippen LogP) is 2.21. The van der Waals surface area contributed by atoms with Gasteiger partial charge >= 0.3 is 0 Å². The fraction of sp³-hybridized carbons (Fsp3) is 0.143. The molecule has 12 heavy (non-hydrogen) atoms. The maximum atomic E-state index is 4.22. The van der Waals surface area contributed by atoms with Gasteiger partial charge in [-0.1, -0.05) is 0 Å². The topological polar surface area (TPSA) is 30.2 Å². The summed E-state index contributed by atoms with van der Waals surface area (Å²) in [6.45, 7) is 0. The second kappa shape index (κ2) is 3.06. The Labute approximate surface area is 82.3 Å². The van der Waals surface area contributed by atoms with Crippen molar-refractivity contribution in [3.63, 3.8) is 0 Å². The summed E-state index contributed by atoms with van der Waals surface area (Å²) in [5.74, 6) is 0. The van der Waals surface area contributed by atoms with E-state index < -0.39 is 0 Å². The maximum absolute atomic E-state index is 4.22. The molecule has 0 bridgehead atoms. The van der Waals surface area contributed by atoms with E-state index in [9.17, 15) is 0 Å². The smallest absolute Gasteiger partial charge is 0.170 e. The van der Waals surface area contributed by atoms with Crippen LogP contribution in [0.25, 0.3) is 5.65 Å². The van der Waals surface area contributed by atoms with Crippen LogP contribution in [0, 0.1) is 0 Å². The molecule has 2 heterocycles. The van der Waals surface area contributed by atoms with E-state index in [-0.39, 0.29) is 0 Å². The zero-order valence-corrected chi connectivity index (χ0v) is 8.76. The molecule has 0 aliphatic heterocycles. The first kappa shape index (κ1) is 8.07. The van der Waals surface area contributed by atoms with Crippen LogP contribution in [0.5, 0.6) is 0 Å². The van der Waals surface area contributed by atoms with Gasteiger partial charge in [0.25, 0.3) is 0 Å². The van der Waals surface area contributed by atoms with Crippen LogP contribution in [-0.2, 0) is 0 Å². The Bertz CT molecular complexity index is 412. The molecule has 2 aromatic rings. The van der Waals surface area contributed by atoms with Crippen LogP contribution in [0.15, 0.2) is 28.2 Å². The molecule has 0 unspecified atom stereocenters. The zero-order chi connectivity index (χ0) is 8.55. The van der Waals surface area contributed by atoms with Gasteiger partial charge in [0.1, 0.15) is 9.63 Å². The molecule has 0 aliphatic rings. The molecule has 5 heteroatoms. The molecule has 0 spiro atoms. The summed E-state index contributed by atoms with van der Waals surface area (Å²) in [6, 6.07) is 0. The zero-order valence-electron chi connectivity index (χ0n) is 6.36. The molecule has 0 aliphatic carbocycles. The third-order valence-electron chi connectivity index (χ3n) is 1.54. The van der Waals surface area contributed by atoms with Gasteiger partial charge in [-0.25, -0.2) is 9.97 Å². The molecular weight excluding hydrogens is 238 g/mol. The van der Waals surface area contributed by atoms with Gasteiger partial charge in [-0.05, 0) is 22.2 Å². The molecule has 0 atom stereocenters. The van der Waals surface area contributed by atoms with Gasteiger partial charge < -0.3 is 0 Å². The maximum Gasteiger partial charge on any atom is 0.170 e. The Kier molecular flexibility index (Phi) is 2.06. The van der Waals surface area contributed by atoms with Crippen LogP contribution in [-0.4, -0.2) is 20.6 Å². The number of halogens is 1. The van der Waals surface area contributed by atoms with Crippen LogP contribution >= 0.6 is 27.7 Å². The third-order valence-corrected chi connectivity index (χ3v) is 2.81. The summed E-state index contributed by atoms with van der Waals surface area (Å²) >= 11 is 4.99. The second-order valence-electron chi connectivity index (χ2n) is 2.21. The lowest BCUT2D eigenvalue weighted by Gasteiger charge is -1.97. The van der Waals surface area contributed by atoms with E-state index in [1.807, 2.05) is 16.9 Å². The van der Waals surface area contributed by atoms with Crippen molar-refractivity contribution in [2.24, 2.45) is 0 Å². The highest BCUT2D eigenvalue weighted by molar-refractivity contribution is 9.10. The van der Waals surface area contributed by atoms with Gasteiger partial charge in [0.15, 0.2) is 5.65 Å². The van der Waals surface area contributed by atoms with Gasteiger partial charge in [0.2, 0.25) is 0 Å². The van der Waals surface area contributed by atoms with E-state index in [0.29, 0.717) is 0 Å². The number of nitrogens with zero attached hydrogens (tertiary/aromatic N) is 3. The number of imidazole rings is 1. The molecule has 0 saturated carbocycles. The first-order chi connectivity index (χ1) is 5.83. The number of rotatable bonds is 1. The molecule has 2 rings (SSSR count). The summed E-state index contributed by atoms with van der Waals surface area (Å²) in [5.41, 5.74) is 0.900. The van der Waals surface area contributed by atoms with Crippen molar-refractivity contribution in [3.8, 4) is 0 Å². The van der Waals surface area contributed by atoms with E-state index >= 15 is 0 Å². The predicted molar refractivity (Wildman–Crippen MR) is 52.5 cm³/mol. The van der Waals surface area contributed by atoms with Gasteiger partial charge in [-0.2, -0.15) is 0 Å². The van der Waals surface area contributed by atoms with Gasteiger partial charge in [-0.15, -0.1) is 11.8 Å². The van der Waals surface area contributed by atoms with E-state index in [4.69, 9.17) is 0 Å². The van der Waals surface area contributed by atoms with Gasteiger partial charge in [0.05, 0.1) is 6.20 Å². The number of fused-ring (bicyclic) bond motifs is 1. The molecule has 0 fully saturated rings. The Morgan fingerprint density at radius 1 is 1.50 bits per heavy atom. The van der Waals surface area contributed by atoms with E-state index in [2.05, 4.69) is 25.9 Å². The minimum atomic E-state index is 0.900. The van der Waals surface area contributed by atoms with E-state index in [1.54, 1.807) is 24.2 Å². The monoisotopic (exact) mass is 243 g/mol. The third kappa shape index (κ3) is 1.13. The fourth-order valence-corrected chi connectivity index (χ4v) is 1.90. The largest absolute Gasteiger partial charge is 0.290 e. The van der Waals surface area contributed by atoms with Crippen LogP contribution < -0.4 is 0 Å². The van der Waals surface area contributed by atoms with Crippen LogP contribution in [0.3, 0.4) is 0 Å². The van der Waals surface area contributed by atoms with Crippen molar-refractivity contribution in [2.45, 2.75) is 5.03 Å². The highest BCUT2D eigenvalue weighted by Crippen LogP contribution is 2.20. The number of aromatic nitrogens is 3. The molecule has 0 aromatic carbocycles. The SMILES string of the molecule is CSc1nccn2c(Br)cnc12. The van der Waals surface area contributed by atoms with Crippen molar-refractivity contribution in [3.05, 3.63) is 23.2 Å². The number of hydrogen-bond acceptors (Lipinski definition) is 3. The average molecular weight is 244 g/mol. The highest BCUT2D eigenvalue weighted by Gasteiger charge is 2.04. The molecule has 0 saturated heterocycles. The quantitative estimate of drug-likeness (QED) is 0.720. The van der Waals surface area contributed by atoms with Crippen LogP contribution in [0.1, 0.15) is 0 Å². The normalized spacial score (nSPS) is 10.8. The first-order valence-electron chi connectivity index (χ1n) is 3.34. The van der Waals surface area contributed by atoms with Crippen molar-refractivity contribution in [2.75, 3.05) is 6.26 Å². The molecule has 0 radical (unpaired) electrons. The lowest BCUT2D eigenvalue weighted by Crippen LogP contribution is -1.89. The van der Waals surface area contributed by atoms with E-state index in [0.717, 1.165) is 15.3 Å². The minimum Gasteiger partial charge on any atom is -0.290 e. The summed E-state index contributed by atoms with van der Waals surface area (Å²) in [4.78, 5) is 8.42. The molecule has 2 aromatic heterocycles. The lowest BCUT2D eigenvalue weighted by atomic mass is 10.7. The van der Waals surface area contributed by atoms with Crippen LogP contribution in [0.4, 0.5) is 0 Å². The minimum absolute atomic E-state index is 0.900. The standard InChI is InChI=1S/C7H6BrN3S/c1-12-7-6-10-4-5(8)11(6)3-2-9-7/h2-4H,1H3. The highest BCUT2D eigenvalue weighted by atomic mass is 79.9. The summed E-state index contributed by atoms with van der Waals surface area (Å²) in [7, 11) is 0. The molecular formula is C7H6BrN3S. The summed E-state index contributed by atoms with van der Waals surface area (Å²) in [5, 5.41) is 0.947. The Morgan fingerprint density at radius 2 is 2.33 bits per heavy atom. The molecule has 0 amide bonds. The van der Waals surface area contributed by atoms with Crippen LogP contribution in [0.2, 0.25) is 0 Å². The lowest BCUT2D eigenvalue weighted by molar-refractivity contribution is 1.02. The number of thioether (sulfide) groups is 1. The molecule has 0 N–H and O–H groups in total. The van der Waals surface area contributed by atoms with Crippen molar-refractivity contribution < 1.29 is 0 Å². The fourth-order valence-electron chi connectivity index (χ4n) is 1.01. The molecule has 62 valence electrons. The number of hydrogen-bond donors (Lipinski definition) is 0. The second-order valence-corrected chi connectivity index (χ2v) is 3.82. The Morgan fingerprint density at radius 3 is 3.08 bits per heavy atom. The first-order valence-corrected chi connectivity index (χ1v) is 5.36. The van der Waals surface area contributed by atoms with Gasteiger partial charge in [0, 0.05) is 12.4 Å². The van der Waals surface area contributed by atoms with Crippen molar-refractivity contribution >= 4 is 33.3 Å². The van der Waals surface area contributed by atoms with E-state index in [1.165, 1.54) is 0 Å². The summed E-state index contributed by atoms with van der Waals surface area (Å²) in [6.07, 6.45) is 7.42.